The maximum Gasteiger partial charge on any atom is 0.401 e. The Labute approximate surface area is 93.7 Å². The van der Waals surface area contributed by atoms with Gasteiger partial charge in [0, 0.05) is 12.5 Å². The monoisotopic (exact) mass is 217 g/mol. The molecule has 0 saturated heterocycles. The van der Waals surface area contributed by atoms with Gasteiger partial charge in [0.2, 0.25) is 0 Å². The average molecular weight is 217 g/mol. The van der Waals surface area contributed by atoms with Crippen LogP contribution < -0.4 is 0 Å². The first-order chi connectivity index (χ1) is 7.56. The van der Waals surface area contributed by atoms with Crippen LogP contribution in [0.3, 0.4) is 0 Å². The molecule has 1 rings (SSSR count). The summed E-state index contributed by atoms with van der Waals surface area (Å²) in [5.74, 6) is -1.38. The molecule has 1 unspecified atom stereocenters. The summed E-state index contributed by atoms with van der Waals surface area (Å²) in [4.78, 5) is 26.5. The molecule has 0 aliphatic heterocycles. The molecule has 1 aromatic rings. The molecule has 0 heterocycles. The van der Waals surface area contributed by atoms with E-state index in [1.165, 1.54) is 6.92 Å². The number of benzene rings is 1. The fraction of sp³-hybridized carbons (Fsp3) is 0.250. The molecular formula is C12H11NO3. The molecule has 4 nitrogen and oxygen atoms in total. The van der Waals surface area contributed by atoms with Crippen molar-refractivity contribution in [1.82, 2.24) is 0 Å². The lowest BCUT2D eigenvalue weighted by molar-refractivity contribution is -0.143. The summed E-state index contributed by atoms with van der Waals surface area (Å²) in [6.07, 6.45) is 0. The molecule has 82 valence electrons. The Hall–Kier alpha value is -2.15. The third-order valence-corrected chi connectivity index (χ3v) is 2.28. The van der Waals surface area contributed by atoms with Crippen molar-refractivity contribution in [3.8, 4) is 0 Å². The Morgan fingerprint density at radius 2 is 1.88 bits per heavy atom. The quantitative estimate of drug-likeness (QED) is 0.335. The molecule has 0 aromatic heterocycles. The SMILES string of the molecule is [C-]#[N+]C(C)(C(=O)OC)C(=O)c1ccccc1. The van der Waals surface area contributed by atoms with Crippen LogP contribution in [0.5, 0.6) is 0 Å². The van der Waals surface area contributed by atoms with E-state index in [-0.39, 0.29) is 0 Å². The van der Waals surface area contributed by atoms with Gasteiger partial charge in [0.05, 0.1) is 7.11 Å². The van der Waals surface area contributed by atoms with Crippen molar-refractivity contribution in [3.05, 3.63) is 47.3 Å². The Kier molecular flexibility index (Phi) is 3.41. The van der Waals surface area contributed by atoms with Crippen LogP contribution >= 0.6 is 0 Å². The number of carbonyl (C=O) groups excluding carboxylic acids is 2. The van der Waals surface area contributed by atoms with Crippen LogP contribution in [0.15, 0.2) is 30.3 Å². The van der Waals surface area contributed by atoms with E-state index >= 15 is 0 Å². The highest BCUT2D eigenvalue weighted by atomic mass is 16.5. The molecule has 0 bridgehead atoms. The van der Waals surface area contributed by atoms with Crippen molar-refractivity contribution in [2.24, 2.45) is 0 Å². The number of ether oxygens (including phenoxy) is 1. The highest BCUT2D eigenvalue weighted by Crippen LogP contribution is 2.19. The maximum absolute atomic E-state index is 12.0. The topological polar surface area (TPSA) is 47.7 Å². The predicted molar refractivity (Wildman–Crippen MR) is 57.8 cm³/mol. The van der Waals surface area contributed by atoms with Gasteiger partial charge in [0.15, 0.2) is 0 Å². The van der Waals surface area contributed by atoms with Gasteiger partial charge < -0.3 is 4.74 Å². The van der Waals surface area contributed by atoms with Gasteiger partial charge in [-0.15, -0.1) is 0 Å². The van der Waals surface area contributed by atoms with Crippen molar-refractivity contribution in [2.75, 3.05) is 7.11 Å². The molecule has 0 radical (unpaired) electrons. The third kappa shape index (κ3) is 1.94. The van der Waals surface area contributed by atoms with Gasteiger partial charge in [0.25, 0.3) is 5.78 Å². The van der Waals surface area contributed by atoms with Gasteiger partial charge in [-0.05, 0) is 0 Å². The Morgan fingerprint density at radius 3 is 2.31 bits per heavy atom. The first kappa shape index (κ1) is 11.9. The van der Waals surface area contributed by atoms with Gasteiger partial charge >= 0.3 is 11.5 Å². The number of methoxy groups -OCH3 is 1. The minimum absolute atomic E-state index is 0.325. The van der Waals surface area contributed by atoms with Crippen LogP contribution in [0, 0.1) is 6.57 Å². The highest BCUT2D eigenvalue weighted by molar-refractivity contribution is 6.17. The Balaban J connectivity index is 3.14. The van der Waals surface area contributed by atoms with Crippen molar-refractivity contribution in [3.63, 3.8) is 0 Å². The first-order valence-corrected chi connectivity index (χ1v) is 4.63. The van der Waals surface area contributed by atoms with Crippen LogP contribution in [0.2, 0.25) is 0 Å². The minimum Gasteiger partial charge on any atom is -0.463 e. The summed E-state index contributed by atoms with van der Waals surface area (Å²) in [6.45, 7) is 8.24. The van der Waals surface area contributed by atoms with E-state index in [9.17, 15) is 9.59 Å². The van der Waals surface area contributed by atoms with Crippen LogP contribution in [0.25, 0.3) is 4.85 Å². The zero-order valence-corrected chi connectivity index (χ0v) is 9.06. The van der Waals surface area contributed by atoms with Gasteiger partial charge in [-0.1, -0.05) is 30.3 Å². The molecule has 16 heavy (non-hydrogen) atoms. The summed E-state index contributed by atoms with van der Waals surface area (Å²) in [7, 11) is 1.16. The summed E-state index contributed by atoms with van der Waals surface area (Å²) < 4.78 is 4.48. The second-order valence-corrected chi connectivity index (χ2v) is 3.37. The zero-order chi connectivity index (χ0) is 12.2. The molecule has 0 saturated carbocycles. The first-order valence-electron chi connectivity index (χ1n) is 4.63. The van der Waals surface area contributed by atoms with E-state index in [2.05, 4.69) is 9.58 Å². The van der Waals surface area contributed by atoms with E-state index in [0.717, 1.165) is 7.11 Å². The van der Waals surface area contributed by atoms with Crippen LogP contribution in [0.1, 0.15) is 17.3 Å². The number of Topliss-reactive ketones (excluding diaryl/α,β-unsaturated/α-hetero) is 1. The number of rotatable bonds is 3. The van der Waals surface area contributed by atoms with E-state index in [1.807, 2.05) is 0 Å². The largest absolute Gasteiger partial charge is 0.463 e. The molecule has 0 N–H and O–H groups in total. The Morgan fingerprint density at radius 1 is 1.31 bits per heavy atom. The van der Waals surface area contributed by atoms with E-state index in [4.69, 9.17) is 6.57 Å². The highest BCUT2D eigenvalue weighted by Gasteiger charge is 2.50. The smallest absolute Gasteiger partial charge is 0.401 e. The predicted octanol–water partition coefficient (Wildman–Crippen LogP) is 1.72. The second-order valence-electron chi connectivity index (χ2n) is 3.37. The summed E-state index contributed by atoms with van der Waals surface area (Å²) >= 11 is 0. The van der Waals surface area contributed by atoms with Crippen molar-refractivity contribution in [1.29, 1.82) is 0 Å². The third-order valence-electron chi connectivity index (χ3n) is 2.28. The lowest BCUT2D eigenvalue weighted by Crippen LogP contribution is -2.41. The summed E-state index contributed by atoms with van der Waals surface area (Å²) in [5.41, 5.74) is -1.47. The number of esters is 1. The Bertz CT molecular complexity index is 447. The second kappa shape index (κ2) is 4.58. The number of hydrogen-bond donors (Lipinski definition) is 0. The standard InChI is InChI=1S/C12H11NO3/c1-12(13-2,11(15)16-3)10(14)9-7-5-4-6-8-9/h4-8H,1,3H3. The summed E-state index contributed by atoms with van der Waals surface area (Å²) in [6, 6.07) is 8.23. The molecule has 0 aliphatic rings. The molecular weight excluding hydrogens is 206 g/mol. The van der Waals surface area contributed by atoms with E-state index in [0.29, 0.717) is 5.56 Å². The fourth-order valence-corrected chi connectivity index (χ4v) is 1.26. The van der Waals surface area contributed by atoms with Gasteiger partial charge in [-0.3, -0.25) is 9.64 Å². The van der Waals surface area contributed by atoms with Gasteiger partial charge in [-0.2, -0.15) is 0 Å². The zero-order valence-electron chi connectivity index (χ0n) is 9.06. The van der Waals surface area contributed by atoms with Crippen molar-refractivity contribution < 1.29 is 14.3 Å². The molecule has 4 heteroatoms. The molecule has 1 aromatic carbocycles. The molecule has 0 amide bonds. The summed E-state index contributed by atoms with van der Waals surface area (Å²) in [5, 5.41) is 0. The van der Waals surface area contributed by atoms with Gasteiger partial charge in [0.1, 0.15) is 0 Å². The maximum atomic E-state index is 12.0. The van der Waals surface area contributed by atoms with Crippen LogP contribution in [0.4, 0.5) is 0 Å². The van der Waals surface area contributed by atoms with Crippen LogP contribution in [-0.4, -0.2) is 24.4 Å². The molecule has 0 spiro atoms. The fourth-order valence-electron chi connectivity index (χ4n) is 1.26. The molecule has 1 atom stereocenters. The number of ketones is 1. The number of carbonyl (C=O) groups is 2. The van der Waals surface area contributed by atoms with Crippen molar-refractivity contribution in [2.45, 2.75) is 12.5 Å². The van der Waals surface area contributed by atoms with Crippen LogP contribution in [-0.2, 0) is 9.53 Å². The van der Waals surface area contributed by atoms with E-state index in [1.54, 1.807) is 30.3 Å². The van der Waals surface area contributed by atoms with Gasteiger partial charge in [-0.25, -0.2) is 11.4 Å². The number of hydrogen-bond acceptors (Lipinski definition) is 3. The van der Waals surface area contributed by atoms with Crippen molar-refractivity contribution >= 4 is 11.8 Å². The average Bonchev–Trinajstić information content (AvgIpc) is 2.36. The van der Waals surface area contributed by atoms with E-state index < -0.39 is 17.3 Å². The minimum atomic E-state index is -1.80. The lowest BCUT2D eigenvalue weighted by Gasteiger charge is -2.12. The molecule has 0 fully saturated rings. The lowest BCUT2D eigenvalue weighted by atomic mass is 9.92. The number of nitrogens with zero attached hydrogens (tertiary/aromatic N) is 1. The molecule has 0 aliphatic carbocycles. The normalized spacial score (nSPS) is 13.3.